The van der Waals surface area contributed by atoms with Crippen molar-refractivity contribution in [3.63, 3.8) is 0 Å². The van der Waals surface area contributed by atoms with Crippen LogP contribution in [0.2, 0.25) is 0 Å². The molecule has 3 atom stereocenters. The number of halogens is 2. The molecule has 0 saturated heterocycles. The van der Waals surface area contributed by atoms with Gasteiger partial charge >= 0.3 is 0 Å². The summed E-state index contributed by atoms with van der Waals surface area (Å²) in [6.45, 7) is 3.95. The lowest BCUT2D eigenvalue weighted by Gasteiger charge is -2.30. The van der Waals surface area contributed by atoms with Crippen molar-refractivity contribution in [1.29, 1.82) is 0 Å². The molecule has 0 aromatic heterocycles. The standard InChI is InChI=1S/C14H17Cl2N3/c1-13(6-3-10(15)4-7-13)18-19-14(2)8-5-11(16)9-12(14)17/h3-6,8-9,12H,7,17H2,1-2H3/b19-18+. The van der Waals surface area contributed by atoms with Crippen LogP contribution in [0, 0.1) is 0 Å². The number of rotatable bonds is 2. The van der Waals surface area contributed by atoms with Gasteiger partial charge in [0.15, 0.2) is 0 Å². The average Bonchev–Trinajstić information content (AvgIpc) is 2.37. The Morgan fingerprint density at radius 3 is 2.42 bits per heavy atom. The van der Waals surface area contributed by atoms with Crippen molar-refractivity contribution in [2.24, 2.45) is 16.0 Å². The molecule has 19 heavy (non-hydrogen) atoms. The maximum absolute atomic E-state index is 6.07. The molecular weight excluding hydrogens is 281 g/mol. The van der Waals surface area contributed by atoms with Crippen LogP contribution in [-0.4, -0.2) is 17.1 Å². The second-order valence-electron chi connectivity index (χ2n) is 5.32. The Balaban J connectivity index is 2.15. The summed E-state index contributed by atoms with van der Waals surface area (Å²) in [6.07, 6.45) is 12.0. The van der Waals surface area contributed by atoms with E-state index in [4.69, 9.17) is 28.9 Å². The maximum Gasteiger partial charge on any atom is 0.116 e. The number of hydrogen-bond donors (Lipinski definition) is 1. The topological polar surface area (TPSA) is 50.7 Å². The van der Waals surface area contributed by atoms with E-state index < -0.39 is 5.54 Å². The third-order valence-electron chi connectivity index (χ3n) is 3.40. The molecule has 2 aliphatic carbocycles. The van der Waals surface area contributed by atoms with E-state index in [-0.39, 0.29) is 11.6 Å². The van der Waals surface area contributed by atoms with Gasteiger partial charge in [0.05, 0.1) is 6.04 Å². The molecular formula is C14H17Cl2N3. The second kappa shape index (κ2) is 5.23. The molecule has 2 N–H and O–H groups in total. The Morgan fingerprint density at radius 1 is 1.16 bits per heavy atom. The molecule has 2 rings (SSSR count). The summed E-state index contributed by atoms with van der Waals surface area (Å²) in [5.41, 5.74) is 5.15. The van der Waals surface area contributed by atoms with Crippen molar-refractivity contribution >= 4 is 23.2 Å². The van der Waals surface area contributed by atoms with Crippen molar-refractivity contribution in [2.75, 3.05) is 0 Å². The van der Waals surface area contributed by atoms with Crippen LogP contribution in [0.1, 0.15) is 20.3 Å². The third-order valence-corrected chi connectivity index (χ3v) is 3.93. The first-order chi connectivity index (χ1) is 8.83. The van der Waals surface area contributed by atoms with Crippen molar-refractivity contribution in [2.45, 2.75) is 37.4 Å². The van der Waals surface area contributed by atoms with E-state index in [9.17, 15) is 0 Å². The van der Waals surface area contributed by atoms with Crippen molar-refractivity contribution < 1.29 is 0 Å². The normalized spacial score (nSPS) is 38.5. The Bertz CT molecular complexity index is 519. The van der Waals surface area contributed by atoms with Gasteiger partial charge in [-0.1, -0.05) is 41.4 Å². The third kappa shape index (κ3) is 3.35. The minimum Gasteiger partial charge on any atom is -0.322 e. The summed E-state index contributed by atoms with van der Waals surface area (Å²) < 4.78 is 0. The fourth-order valence-corrected chi connectivity index (χ4v) is 2.19. The quantitative estimate of drug-likeness (QED) is 0.768. The van der Waals surface area contributed by atoms with E-state index in [1.54, 1.807) is 12.2 Å². The van der Waals surface area contributed by atoms with E-state index in [1.807, 2.05) is 38.2 Å². The average molecular weight is 298 g/mol. The van der Waals surface area contributed by atoms with E-state index in [2.05, 4.69) is 10.2 Å². The lowest BCUT2D eigenvalue weighted by atomic mass is 9.89. The highest BCUT2D eigenvalue weighted by molar-refractivity contribution is 6.31. The molecule has 0 spiro atoms. The number of allylic oxidation sites excluding steroid dienone is 4. The first-order valence-electron chi connectivity index (χ1n) is 6.14. The van der Waals surface area contributed by atoms with Crippen LogP contribution in [0.25, 0.3) is 0 Å². The van der Waals surface area contributed by atoms with E-state index in [0.29, 0.717) is 5.03 Å². The van der Waals surface area contributed by atoms with Gasteiger partial charge in [-0.15, -0.1) is 0 Å². The molecule has 0 saturated carbocycles. The van der Waals surface area contributed by atoms with Crippen molar-refractivity contribution in [1.82, 2.24) is 0 Å². The summed E-state index contributed by atoms with van der Waals surface area (Å²) >= 11 is 11.8. The highest BCUT2D eigenvalue weighted by atomic mass is 35.5. The molecule has 102 valence electrons. The fourth-order valence-electron chi connectivity index (χ4n) is 1.85. The molecule has 0 bridgehead atoms. The SMILES string of the molecule is CC1(/N=N/C2(C)C=CC(Cl)=CC2N)C=CC(Cl)=CC1. The van der Waals surface area contributed by atoms with Crippen LogP contribution in [0.4, 0.5) is 0 Å². The van der Waals surface area contributed by atoms with Gasteiger partial charge in [-0.05, 0) is 38.5 Å². The van der Waals surface area contributed by atoms with E-state index in [0.717, 1.165) is 11.5 Å². The highest BCUT2D eigenvalue weighted by Crippen LogP contribution is 2.30. The van der Waals surface area contributed by atoms with Crippen LogP contribution >= 0.6 is 23.2 Å². The summed E-state index contributed by atoms with van der Waals surface area (Å²) in [4.78, 5) is 0. The largest absolute Gasteiger partial charge is 0.322 e. The summed E-state index contributed by atoms with van der Waals surface area (Å²) in [7, 11) is 0. The zero-order valence-electron chi connectivity index (χ0n) is 11.0. The number of hydrogen-bond acceptors (Lipinski definition) is 3. The second-order valence-corrected chi connectivity index (χ2v) is 6.19. The predicted molar refractivity (Wildman–Crippen MR) is 80.4 cm³/mol. The summed E-state index contributed by atoms with van der Waals surface area (Å²) in [5.74, 6) is 0. The Morgan fingerprint density at radius 2 is 1.84 bits per heavy atom. The van der Waals surface area contributed by atoms with Gasteiger partial charge < -0.3 is 5.73 Å². The van der Waals surface area contributed by atoms with Gasteiger partial charge in [-0.2, -0.15) is 10.2 Å². The molecule has 2 aliphatic rings. The van der Waals surface area contributed by atoms with Crippen molar-refractivity contribution in [3.8, 4) is 0 Å². The molecule has 5 heteroatoms. The molecule has 0 aromatic rings. The molecule has 0 fully saturated rings. The monoisotopic (exact) mass is 297 g/mol. The van der Waals surface area contributed by atoms with E-state index in [1.165, 1.54) is 0 Å². The summed E-state index contributed by atoms with van der Waals surface area (Å²) in [6, 6.07) is -0.274. The first kappa shape index (κ1) is 14.5. The molecule has 3 nitrogen and oxygen atoms in total. The molecule has 3 unspecified atom stereocenters. The van der Waals surface area contributed by atoms with Gasteiger partial charge in [0.2, 0.25) is 0 Å². The van der Waals surface area contributed by atoms with Gasteiger partial charge in [0, 0.05) is 10.1 Å². The first-order valence-corrected chi connectivity index (χ1v) is 6.90. The lowest BCUT2D eigenvalue weighted by Crippen LogP contribution is -2.42. The summed E-state index contributed by atoms with van der Waals surface area (Å²) in [5, 5.41) is 10.3. The van der Waals surface area contributed by atoms with Gasteiger partial charge in [0.25, 0.3) is 0 Å². The molecule has 0 aliphatic heterocycles. The number of azo groups is 1. The van der Waals surface area contributed by atoms with Gasteiger partial charge in [-0.25, -0.2) is 0 Å². The molecule has 0 heterocycles. The van der Waals surface area contributed by atoms with Crippen LogP contribution in [0.15, 0.2) is 56.7 Å². The van der Waals surface area contributed by atoms with Crippen LogP contribution in [0.3, 0.4) is 0 Å². The lowest BCUT2D eigenvalue weighted by molar-refractivity contribution is 0.445. The van der Waals surface area contributed by atoms with E-state index >= 15 is 0 Å². The number of nitrogens with zero attached hydrogens (tertiary/aromatic N) is 2. The smallest absolute Gasteiger partial charge is 0.116 e. The fraction of sp³-hybridized carbons (Fsp3) is 0.429. The van der Waals surface area contributed by atoms with Crippen LogP contribution < -0.4 is 5.73 Å². The Hall–Kier alpha value is -0.900. The minimum atomic E-state index is -0.555. The van der Waals surface area contributed by atoms with Crippen LogP contribution in [-0.2, 0) is 0 Å². The Labute approximate surface area is 123 Å². The predicted octanol–water partition coefficient (Wildman–Crippen LogP) is 4.06. The molecule has 0 radical (unpaired) electrons. The zero-order chi connectivity index (χ0) is 14.1. The minimum absolute atomic E-state index is 0.274. The zero-order valence-corrected chi connectivity index (χ0v) is 12.5. The Kier molecular flexibility index (Phi) is 4.00. The number of nitrogens with two attached hydrogens (primary N) is 1. The molecule has 0 amide bonds. The van der Waals surface area contributed by atoms with Crippen molar-refractivity contribution in [3.05, 3.63) is 46.5 Å². The van der Waals surface area contributed by atoms with Gasteiger partial charge in [0.1, 0.15) is 11.1 Å². The molecule has 0 aromatic carbocycles. The van der Waals surface area contributed by atoms with Gasteiger partial charge in [-0.3, -0.25) is 0 Å². The maximum atomic E-state index is 6.07. The van der Waals surface area contributed by atoms with Crippen LogP contribution in [0.5, 0.6) is 0 Å². The highest BCUT2D eigenvalue weighted by Gasteiger charge is 2.32.